The maximum atomic E-state index is 13.0. The van der Waals surface area contributed by atoms with Gasteiger partial charge in [0.2, 0.25) is 0 Å². The molecule has 182 valence electrons. The molecule has 9 heteroatoms. The minimum Gasteiger partial charge on any atom is -0.486 e. The average molecular weight is 476 g/mol. The standard InChI is InChI=1S/C26H29N5O4/c1-28-12-13-31(26(33)29-20-10-11-23-24(16-20)35-15-14-34-23)17-18-6-8-19(9-7-18)25(32)30-22-5-3-2-4-21(22)27/h2-11,16,28H,12-15,17,27H2,1H3,(H,29,33)(H,30,32). The van der Waals surface area contributed by atoms with E-state index in [2.05, 4.69) is 16.0 Å². The molecule has 9 nitrogen and oxygen atoms in total. The Balaban J connectivity index is 1.41. The molecule has 0 fully saturated rings. The fourth-order valence-corrected chi connectivity index (χ4v) is 3.61. The van der Waals surface area contributed by atoms with Crippen molar-refractivity contribution in [1.29, 1.82) is 0 Å². The average Bonchev–Trinajstić information content (AvgIpc) is 2.88. The van der Waals surface area contributed by atoms with Gasteiger partial charge in [-0.15, -0.1) is 0 Å². The Morgan fingerprint density at radius 3 is 2.43 bits per heavy atom. The summed E-state index contributed by atoms with van der Waals surface area (Å²) in [7, 11) is 1.84. The number of nitrogen functional groups attached to an aromatic ring is 1. The summed E-state index contributed by atoms with van der Waals surface area (Å²) in [6.07, 6.45) is 0. The number of nitrogens with two attached hydrogens (primary N) is 1. The third kappa shape index (κ3) is 6.21. The number of anilines is 3. The highest BCUT2D eigenvalue weighted by Crippen LogP contribution is 2.32. The van der Waals surface area contributed by atoms with E-state index < -0.39 is 0 Å². The molecule has 35 heavy (non-hydrogen) atoms. The summed E-state index contributed by atoms with van der Waals surface area (Å²) in [5.41, 5.74) is 9.00. The number of likely N-dealkylation sites (N-methyl/N-ethyl adjacent to an activating group) is 1. The fraction of sp³-hybridized carbons (Fsp3) is 0.231. The van der Waals surface area contributed by atoms with Gasteiger partial charge in [0.15, 0.2) is 11.5 Å². The number of benzene rings is 3. The molecule has 0 radical (unpaired) electrons. The number of carbonyl (C=O) groups excluding carboxylic acids is 2. The summed E-state index contributed by atoms with van der Waals surface area (Å²) in [4.78, 5) is 27.3. The van der Waals surface area contributed by atoms with Crippen molar-refractivity contribution in [1.82, 2.24) is 10.2 Å². The van der Waals surface area contributed by atoms with Crippen LogP contribution in [-0.4, -0.2) is 50.2 Å². The van der Waals surface area contributed by atoms with Crippen LogP contribution in [0.5, 0.6) is 11.5 Å². The summed E-state index contributed by atoms with van der Waals surface area (Å²) in [5, 5.41) is 8.82. The zero-order valence-electron chi connectivity index (χ0n) is 19.5. The van der Waals surface area contributed by atoms with Crippen LogP contribution in [-0.2, 0) is 6.54 Å². The summed E-state index contributed by atoms with van der Waals surface area (Å²) >= 11 is 0. The lowest BCUT2D eigenvalue weighted by Gasteiger charge is -2.24. The number of nitrogens with one attached hydrogen (secondary N) is 3. The van der Waals surface area contributed by atoms with E-state index in [4.69, 9.17) is 15.2 Å². The number of ether oxygens (including phenoxy) is 2. The van der Waals surface area contributed by atoms with Gasteiger partial charge < -0.3 is 36.1 Å². The number of rotatable bonds is 8. The third-order valence-corrected chi connectivity index (χ3v) is 5.51. The summed E-state index contributed by atoms with van der Waals surface area (Å²) in [6.45, 7) is 2.50. The maximum absolute atomic E-state index is 13.0. The second kappa shape index (κ2) is 11.3. The molecular weight excluding hydrogens is 446 g/mol. The van der Waals surface area contributed by atoms with Gasteiger partial charge in [-0.25, -0.2) is 4.79 Å². The molecule has 3 aromatic carbocycles. The van der Waals surface area contributed by atoms with Gasteiger partial charge >= 0.3 is 6.03 Å². The van der Waals surface area contributed by atoms with Crippen molar-refractivity contribution in [2.24, 2.45) is 0 Å². The predicted octanol–water partition coefficient (Wildman–Crippen LogP) is 3.55. The van der Waals surface area contributed by atoms with Gasteiger partial charge in [-0.2, -0.15) is 0 Å². The Morgan fingerprint density at radius 1 is 0.943 bits per heavy atom. The van der Waals surface area contributed by atoms with E-state index in [1.807, 2.05) is 31.3 Å². The lowest BCUT2D eigenvalue weighted by molar-refractivity contribution is 0.102. The first-order valence-electron chi connectivity index (χ1n) is 11.4. The summed E-state index contributed by atoms with van der Waals surface area (Å²) in [6, 6.07) is 19.3. The van der Waals surface area contributed by atoms with E-state index >= 15 is 0 Å². The predicted molar refractivity (Wildman–Crippen MR) is 136 cm³/mol. The highest BCUT2D eigenvalue weighted by atomic mass is 16.6. The van der Waals surface area contributed by atoms with Crippen molar-refractivity contribution in [2.45, 2.75) is 6.54 Å². The van der Waals surface area contributed by atoms with Gasteiger partial charge in [-0.3, -0.25) is 4.79 Å². The molecule has 0 atom stereocenters. The van der Waals surface area contributed by atoms with Crippen molar-refractivity contribution in [3.05, 3.63) is 77.9 Å². The monoisotopic (exact) mass is 475 g/mol. The quantitative estimate of drug-likeness (QED) is 0.370. The SMILES string of the molecule is CNCCN(Cc1ccc(C(=O)Nc2ccccc2N)cc1)C(=O)Nc1ccc2c(c1)OCCO2. The second-order valence-electron chi connectivity index (χ2n) is 8.05. The van der Waals surface area contributed by atoms with Crippen molar-refractivity contribution < 1.29 is 19.1 Å². The van der Waals surface area contributed by atoms with Crippen molar-refractivity contribution >= 4 is 29.0 Å². The largest absolute Gasteiger partial charge is 0.486 e. The van der Waals surface area contributed by atoms with Crippen LogP contribution < -0.4 is 31.2 Å². The summed E-state index contributed by atoms with van der Waals surface area (Å²) in [5.74, 6) is 1.03. The van der Waals surface area contributed by atoms with Gasteiger partial charge in [0, 0.05) is 37.0 Å². The molecule has 0 bridgehead atoms. The van der Waals surface area contributed by atoms with Crippen LogP contribution in [0.1, 0.15) is 15.9 Å². The number of fused-ring (bicyclic) bond motifs is 1. The topological polar surface area (TPSA) is 118 Å². The Labute approximate surface area is 204 Å². The van der Waals surface area contributed by atoms with Gasteiger partial charge in [0.05, 0.1) is 11.4 Å². The Bertz CT molecular complexity index is 1180. The molecule has 0 saturated carbocycles. The number of nitrogens with zero attached hydrogens (tertiary/aromatic N) is 1. The van der Waals surface area contributed by atoms with E-state index in [0.717, 1.165) is 5.56 Å². The number of urea groups is 1. The van der Waals surface area contributed by atoms with Crippen LogP contribution in [0.2, 0.25) is 0 Å². The molecule has 0 aliphatic carbocycles. The van der Waals surface area contributed by atoms with Crippen molar-refractivity contribution in [3.63, 3.8) is 0 Å². The second-order valence-corrected chi connectivity index (χ2v) is 8.05. The molecule has 0 saturated heterocycles. The number of carbonyl (C=O) groups is 2. The highest BCUT2D eigenvalue weighted by Gasteiger charge is 2.17. The van der Waals surface area contributed by atoms with Crippen LogP contribution in [0, 0.1) is 0 Å². The lowest BCUT2D eigenvalue weighted by Crippen LogP contribution is -2.38. The molecule has 4 rings (SSSR count). The van der Waals surface area contributed by atoms with Crippen LogP contribution in [0.25, 0.3) is 0 Å². The van der Waals surface area contributed by atoms with Gasteiger partial charge in [-0.05, 0) is 49.0 Å². The first-order valence-corrected chi connectivity index (χ1v) is 11.4. The molecule has 0 aromatic heterocycles. The molecule has 5 N–H and O–H groups in total. The van der Waals surface area contributed by atoms with E-state index in [-0.39, 0.29) is 11.9 Å². The van der Waals surface area contributed by atoms with E-state index in [9.17, 15) is 9.59 Å². The molecule has 3 amide bonds. The van der Waals surface area contributed by atoms with Crippen LogP contribution in [0.3, 0.4) is 0 Å². The summed E-state index contributed by atoms with van der Waals surface area (Å²) < 4.78 is 11.1. The van der Waals surface area contributed by atoms with Gasteiger partial charge in [0.1, 0.15) is 13.2 Å². The molecule has 3 aromatic rings. The Hall–Kier alpha value is -4.24. The minimum absolute atomic E-state index is 0.238. The Kier molecular flexibility index (Phi) is 7.69. The molecular formula is C26H29N5O4. The number of hydrogen-bond donors (Lipinski definition) is 4. The van der Waals surface area contributed by atoms with E-state index in [0.29, 0.717) is 67.0 Å². The Morgan fingerprint density at radius 2 is 1.69 bits per heavy atom. The number of amides is 3. The van der Waals surface area contributed by atoms with Crippen LogP contribution in [0.4, 0.5) is 21.9 Å². The highest BCUT2D eigenvalue weighted by molar-refractivity contribution is 6.05. The van der Waals surface area contributed by atoms with Crippen LogP contribution in [0.15, 0.2) is 66.7 Å². The molecule has 1 aliphatic heterocycles. The van der Waals surface area contributed by atoms with E-state index in [1.54, 1.807) is 47.4 Å². The minimum atomic E-state index is -0.252. The van der Waals surface area contributed by atoms with E-state index in [1.165, 1.54) is 0 Å². The van der Waals surface area contributed by atoms with Crippen molar-refractivity contribution in [3.8, 4) is 11.5 Å². The molecule has 0 unspecified atom stereocenters. The molecule has 1 heterocycles. The zero-order chi connectivity index (χ0) is 24.6. The molecule has 0 spiro atoms. The normalized spacial score (nSPS) is 12.0. The number of hydrogen-bond acceptors (Lipinski definition) is 6. The number of para-hydroxylation sites is 2. The van der Waals surface area contributed by atoms with Gasteiger partial charge in [0.25, 0.3) is 5.91 Å². The third-order valence-electron chi connectivity index (χ3n) is 5.51. The smallest absolute Gasteiger partial charge is 0.322 e. The molecule has 1 aliphatic rings. The zero-order valence-corrected chi connectivity index (χ0v) is 19.5. The maximum Gasteiger partial charge on any atom is 0.322 e. The lowest BCUT2D eigenvalue weighted by atomic mass is 10.1. The van der Waals surface area contributed by atoms with Crippen molar-refractivity contribution in [2.75, 3.05) is 49.7 Å². The first kappa shape index (κ1) is 23.9. The van der Waals surface area contributed by atoms with Gasteiger partial charge in [-0.1, -0.05) is 24.3 Å². The first-order chi connectivity index (χ1) is 17.0. The van der Waals surface area contributed by atoms with Crippen LogP contribution >= 0.6 is 0 Å². The fourth-order valence-electron chi connectivity index (χ4n) is 3.61.